The van der Waals surface area contributed by atoms with Gasteiger partial charge in [-0.25, -0.2) is 4.79 Å². The van der Waals surface area contributed by atoms with E-state index in [-0.39, 0.29) is 17.8 Å². The molecule has 144 valence electrons. The molecule has 0 saturated carbocycles. The van der Waals surface area contributed by atoms with E-state index in [0.29, 0.717) is 42.1 Å². The number of carbonyl (C=O) groups is 3. The highest BCUT2D eigenvalue weighted by molar-refractivity contribution is 7.12. The Hall–Kier alpha value is -2.67. The second-order valence-corrected chi connectivity index (χ2v) is 6.90. The number of hydrogen-bond donors (Lipinski definition) is 2. The van der Waals surface area contributed by atoms with Crippen molar-refractivity contribution in [3.05, 3.63) is 52.2 Å². The van der Waals surface area contributed by atoms with Crippen LogP contribution < -0.4 is 10.6 Å². The maximum absolute atomic E-state index is 12.0. The average Bonchev–Trinajstić information content (AvgIpc) is 3.20. The predicted molar refractivity (Wildman–Crippen MR) is 106 cm³/mol. The first-order chi connectivity index (χ1) is 13.1. The van der Waals surface area contributed by atoms with Crippen LogP contribution in [0.2, 0.25) is 0 Å². The van der Waals surface area contributed by atoms with E-state index in [9.17, 15) is 14.4 Å². The van der Waals surface area contributed by atoms with Crippen LogP contribution in [0.3, 0.4) is 0 Å². The van der Waals surface area contributed by atoms with Crippen LogP contribution in [0.15, 0.2) is 41.8 Å². The van der Waals surface area contributed by atoms with Crippen molar-refractivity contribution in [1.82, 2.24) is 5.32 Å². The van der Waals surface area contributed by atoms with Gasteiger partial charge in [0.15, 0.2) is 0 Å². The van der Waals surface area contributed by atoms with Gasteiger partial charge in [-0.05, 0) is 48.6 Å². The van der Waals surface area contributed by atoms with Crippen molar-refractivity contribution < 1.29 is 19.1 Å². The molecule has 0 saturated heterocycles. The lowest BCUT2D eigenvalue weighted by Crippen LogP contribution is -2.24. The van der Waals surface area contributed by atoms with Gasteiger partial charge in [-0.3, -0.25) is 9.59 Å². The third-order valence-electron chi connectivity index (χ3n) is 3.75. The van der Waals surface area contributed by atoms with Gasteiger partial charge < -0.3 is 15.4 Å². The van der Waals surface area contributed by atoms with Crippen LogP contribution >= 0.6 is 11.3 Å². The molecule has 6 nitrogen and oxygen atoms in total. The normalized spacial score (nSPS) is 10.3. The zero-order valence-corrected chi connectivity index (χ0v) is 16.1. The number of unbranched alkanes of at least 4 members (excludes halogenated alkanes) is 1. The topological polar surface area (TPSA) is 84.5 Å². The van der Waals surface area contributed by atoms with Gasteiger partial charge in [0, 0.05) is 18.7 Å². The summed E-state index contributed by atoms with van der Waals surface area (Å²) in [5, 5.41) is 7.41. The Morgan fingerprint density at radius 1 is 1.07 bits per heavy atom. The highest BCUT2D eigenvalue weighted by atomic mass is 32.1. The molecule has 2 N–H and O–H groups in total. The van der Waals surface area contributed by atoms with Gasteiger partial charge in [0.05, 0.1) is 17.0 Å². The molecule has 0 aliphatic heterocycles. The molecule has 0 spiro atoms. The summed E-state index contributed by atoms with van der Waals surface area (Å²) < 4.78 is 5.14. The lowest BCUT2D eigenvalue weighted by Gasteiger charge is -2.07. The lowest BCUT2D eigenvalue weighted by atomic mass is 10.2. The number of carbonyl (C=O) groups excluding carboxylic acids is 3. The Kier molecular flexibility index (Phi) is 8.51. The number of thiophene rings is 1. The second-order valence-electron chi connectivity index (χ2n) is 5.95. The smallest absolute Gasteiger partial charge is 0.338 e. The van der Waals surface area contributed by atoms with Gasteiger partial charge >= 0.3 is 5.97 Å². The Labute approximate surface area is 162 Å². The van der Waals surface area contributed by atoms with Crippen LogP contribution in [-0.2, 0) is 9.53 Å². The third kappa shape index (κ3) is 7.22. The molecule has 27 heavy (non-hydrogen) atoms. The van der Waals surface area contributed by atoms with E-state index in [1.165, 1.54) is 11.3 Å². The van der Waals surface area contributed by atoms with Gasteiger partial charge in [0.25, 0.3) is 5.91 Å². The van der Waals surface area contributed by atoms with Crippen molar-refractivity contribution in [3.63, 3.8) is 0 Å². The number of ether oxygens (including phenoxy) is 1. The minimum Gasteiger partial charge on any atom is -0.462 e. The van der Waals surface area contributed by atoms with Gasteiger partial charge in [-0.15, -0.1) is 11.3 Å². The SMILES string of the molecule is CCCCOC(=O)c1ccc(NC(=O)CCCNC(=O)c2cccs2)cc1. The Morgan fingerprint density at radius 2 is 1.85 bits per heavy atom. The molecule has 7 heteroatoms. The van der Waals surface area contributed by atoms with E-state index in [0.717, 1.165) is 12.8 Å². The molecule has 1 aromatic heterocycles. The summed E-state index contributed by atoms with van der Waals surface area (Å²) >= 11 is 1.38. The van der Waals surface area contributed by atoms with Gasteiger partial charge in [0.2, 0.25) is 5.91 Å². The number of nitrogens with one attached hydrogen (secondary N) is 2. The summed E-state index contributed by atoms with van der Waals surface area (Å²) in [5.41, 5.74) is 1.08. The van der Waals surface area contributed by atoms with E-state index in [4.69, 9.17) is 4.74 Å². The number of esters is 1. The molecule has 2 amide bonds. The number of hydrogen-bond acceptors (Lipinski definition) is 5. The van der Waals surface area contributed by atoms with Gasteiger partial charge in [0.1, 0.15) is 0 Å². The summed E-state index contributed by atoms with van der Waals surface area (Å²) in [7, 11) is 0. The molecule has 1 aromatic carbocycles. The fourth-order valence-electron chi connectivity index (χ4n) is 2.25. The maximum atomic E-state index is 12.0. The maximum Gasteiger partial charge on any atom is 0.338 e. The standard InChI is InChI=1S/C20H24N2O4S/c1-2-3-13-26-20(25)15-8-10-16(11-9-15)22-18(23)7-4-12-21-19(24)17-6-5-14-27-17/h5-6,8-11,14H,2-4,7,12-13H2,1H3,(H,21,24)(H,22,23). The minimum atomic E-state index is -0.359. The molecule has 0 unspecified atom stereocenters. The number of amides is 2. The second kappa shape index (κ2) is 11.1. The minimum absolute atomic E-state index is 0.119. The molecule has 2 rings (SSSR count). The first-order valence-electron chi connectivity index (χ1n) is 8.99. The van der Waals surface area contributed by atoms with E-state index in [2.05, 4.69) is 10.6 Å². The van der Waals surface area contributed by atoms with E-state index in [1.807, 2.05) is 18.4 Å². The van der Waals surface area contributed by atoms with Crippen molar-refractivity contribution >= 4 is 34.8 Å². The number of anilines is 1. The summed E-state index contributed by atoms with van der Waals surface area (Å²) in [5.74, 6) is -0.617. The summed E-state index contributed by atoms with van der Waals surface area (Å²) in [6.07, 6.45) is 2.65. The largest absolute Gasteiger partial charge is 0.462 e. The number of rotatable bonds is 10. The molecular formula is C20H24N2O4S. The first-order valence-corrected chi connectivity index (χ1v) is 9.87. The van der Waals surface area contributed by atoms with Crippen LogP contribution in [0.5, 0.6) is 0 Å². The quantitative estimate of drug-likeness (QED) is 0.478. The molecule has 1 heterocycles. The van der Waals surface area contributed by atoms with Crippen LogP contribution in [0.1, 0.15) is 52.6 Å². The van der Waals surface area contributed by atoms with Crippen LogP contribution in [0.25, 0.3) is 0 Å². The first kappa shape index (κ1) is 20.6. The fourth-order valence-corrected chi connectivity index (χ4v) is 2.89. The van der Waals surface area contributed by atoms with Crippen molar-refractivity contribution in [2.45, 2.75) is 32.6 Å². The summed E-state index contributed by atoms with van der Waals surface area (Å²) in [4.78, 5) is 36.2. The highest BCUT2D eigenvalue weighted by Gasteiger charge is 2.09. The Bertz CT molecular complexity index is 742. The predicted octanol–water partition coefficient (Wildman–Crippen LogP) is 3.85. The molecule has 0 atom stereocenters. The molecule has 0 fully saturated rings. The van der Waals surface area contributed by atoms with E-state index < -0.39 is 0 Å². The van der Waals surface area contributed by atoms with Crippen molar-refractivity contribution in [1.29, 1.82) is 0 Å². The Balaban J connectivity index is 1.67. The molecule has 0 bridgehead atoms. The molecule has 0 aliphatic rings. The van der Waals surface area contributed by atoms with Crippen LogP contribution in [0.4, 0.5) is 5.69 Å². The summed E-state index contributed by atoms with van der Waals surface area (Å²) in [6, 6.07) is 10.2. The zero-order chi connectivity index (χ0) is 19.5. The molecule has 2 aromatic rings. The number of benzene rings is 1. The molecule has 0 radical (unpaired) electrons. The average molecular weight is 388 g/mol. The monoisotopic (exact) mass is 388 g/mol. The zero-order valence-electron chi connectivity index (χ0n) is 15.3. The van der Waals surface area contributed by atoms with Crippen molar-refractivity contribution in [2.75, 3.05) is 18.5 Å². The molecule has 0 aliphatic carbocycles. The van der Waals surface area contributed by atoms with Crippen molar-refractivity contribution in [3.8, 4) is 0 Å². The van der Waals surface area contributed by atoms with Crippen molar-refractivity contribution in [2.24, 2.45) is 0 Å². The fraction of sp³-hybridized carbons (Fsp3) is 0.350. The molecular weight excluding hydrogens is 364 g/mol. The van der Waals surface area contributed by atoms with E-state index >= 15 is 0 Å². The highest BCUT2D eigenvalue weighted by Crippen LogP contribution is 2.12. The van der Waals surface area contributed by atoms with Gasteiger partial charge in [-0.1, -0.05) is 19.4 Å². The third-order valence-corrected chi connectivity index (χ3v) is 4.62. The Morgan fingerprint density at radius 3 is 2.52 bits per heavy atom. The lowest BCUT2D eigenvalue weighted by molar-refractivity contribution is -0.116. The summed E-state index contributed by atoms with van der Waals surface area (Å²) in [6.45, 7) is 2.88. The van der Waals surface area contributed by atoms with Crippen LogP contribution in [-0.4, -0.2) is 30.9 Å². The van der Waals surface area contributed by atoms with Crippen LogP contribution in [0, 0.1) is 0 Å². The van der Waals surface area contributed by atoms with E-state index in [1.54, 1.807) is 30.3 Å². The van der Waals surface area contributed by atoms with Gasteiger partial charge in [-0.2, -0.15) is 0 Å².